The predicted molar refractivity (Wildman–Crippen MR) is 88.3 cm³/mol. The molecule has 0 spiro atoms. The predicted octanol–water partition coefficient (Wildman–Crippen LogP) is -0.512. The van der Waals surface area contributed by atoms with Crippen LogP contribution in [0.2, 0.25) is 0 Å². The van der Waals surface area contributed by atoms with Gasteiger partial charge in [-0.2, -0.15) is 0 Å². The van der Waals surface area contributed by atoms with Crippen LogP contribution in [0.4, 0.5) is 0 Å². The zero-order chi connectivity index (χ0) is 17.7. The van der Waals surface area contributed by atoms with E-state index in [0.717, 1.165) is 30.3 Å². The van der Waals surface area contributed by atoms with E-state index in [1.54, 1.807) is 0 Å². The van der Waals surface area contributed by atoms with Crippen molar-refractivity contribution in [3.8, 4) is 0 Å². The van der Waals surface area contributed by atoms with Crippen molar-refractivity contribution in [2.75, 3.05) is 0 Å². The first-order valence-corrected chi connectivity index (χ1v) is 8.22. The van der Waals surface area contributed by atoms with Gasteiger partial charge in [0.1, 0.15) is 6.54 Å². The summed E-state index contributed by atoms with van der Waals surface area (Å²) in [6.45, 7) is -0.199. The van der Waals surface area contributed by atoms with Gasteiger partial charge in [0.2, 0.25) is 11.8 Å². The van der Waals surface area contributed by atoms with Crippen LogP contribution in [-0.2, 0) is 23.2 Å². The minimum absolute atomic E-state index is 0.0958. The highest BCUT2D eigenvalue weighted by molar-refractivity contribution is 5.78. The maximum absolute atomic E-state index is 12.3. The Kier molecular flexibility index (Phi) is 5.94. The number of nitrogens with one attached hydrogen (secondary N) is 1. The third-order valence-corrected chi connectivity index (χ3v) is 4.56. The van der Waals surface area contributed by atoms with Crippen molar-refractivity contribution in [3.05, 3.63) is 33.1 Å². The van der Waals surface area contributed by atoms with Crippen molar-refractivity contribution in [1.82, 2.24) is 14.5 Å². The SMILES string of the molecule is Cn1c(=O)ccn(CC(=O)N[C@H](CC(N)=O)C2CCCCC2)c1=O. The number of hydrogen-bond acceptors (Lipinski definition) is 4. The molecule has 1 aliphatic carbocycles. The van der Waals surface area contributed by atoms with Crippen LogP contribution in [0.1, 0.15) is 38.5 Å². The van der Waals surface area contributed by atoms with Crippen LogP contribution in [0.5, 0.6) is 0 Å². The minimum Gasteiger partial charge on any atom is -0.370 e. The third-order valence-electron chi connectivity index (χ3n) is 4.56. The van der Waals surface area contributed by atoms with E-state index in [2.05, 4.69) is 5.32 Å². The van der Waals surface area contributed by atoms with E-state index in [1.807, 2.05) is 0 Å². The van der Waals surface area contributed by atoms with Crippen molar-refractivity contribution >= 4 is 11.8 Å². The van der Waals surface area contributed by atoms with E-state index in [0.29, 0.717) is 0 Å². The van der Waals surface area contributed by atoms with Crippen LogP contribution in [0.25, 0.3) is 0 Å². The van der Waals surface area contributed by atoms with Crippen molar-refractivity contribution in [2.45, 2.75) is 51.1 Å². The molecule has 1 aliphatic rings. The van der Waals surface area contributed by atoms with Crippen molar-refractivity contribution in [3.63, 3.8) is 0 Å². The molecular formula is C16H24N4O4. The second-order valence-electron chi connectivity index (χ2n) is 6.37. The molecule has 2 rings (SSSR count). The molecule has 8 nitrogen and oxygen atoms in total. The zero-order valence-electron chi connectivity index (χ0n) is 13.9. The van der Waals surface area contributed by atoms with Gasteiger partial charge in [-0.15, -0.1) is 0 Å². The Labute approximate surface area is 139 Å². The summed E-state index contributed by atoms with van der Waals surface area (Å²) in [6, 6.07) is 0.926. The summed E-state index contributed by atoms with van der Waals surface area (Å²) in [5.41, 5.74) is 4.33. The number of carbonyl (C=O) groups is 2. The normalized spacial score (nSPS) is 16.5. The number of nitrogens with zero attached hydrogens (tertiary/aromatic N) is 2. The highest BCUT2D eigenvalue weighted by atomic mass is 16.2. The van der Waals surface area contributed by atoms with Crippen molar-refractivity contribution < 1.29 is 9.59 Å². The molecule has 8 heteroatoms. The van der Waals surface area contributed by atoms with E-state index in [4.69, 9.17) is 5.73 Å². The lowest BCUT2D eigenvalue weighted by atomic mass is 9.82. The van der Waals surface area contributed by atoms with Gasteiger partial charge in [-0.1, -0.05) is 19.3 Å². The molecule has 1 saturated carbocycles. The maximum atomic E-state index is 12.3. The van der Waals surface area contributed by atoms with Crippen LogP contribution < -0.4 is 22.3 Å². The lowest BCUT2D eigenvalue weighted by Gasteiger charge is -2.30. The molecule has 0 aliphatic heterocycles. The van der Waals surface area contributed by atoms with E-state index in [1.165, 1.54) is 30.3 Å². The Bertz CT molecular complexity index is 716. The molecule has 24 heavy (non-hydrogen) atoms. The molecule has 0 bridgehead atoms. The zero-order valence-corrected chi connectivity index (χ0v) is 13.9. The van der Waals surface area contributed by atoms with Gasteiger partial charge >= 0.3 is 5.69 Å². The molecule has 3 N–H and O–H groups in total. The van der Waals surface area contributed by atoms with E-state index in [9.17, 15) is 19.2 Å². The molecule has 1 aromatic rings. The number of hydrogen-bond donors (Lipinski definition) is 2. The van der Waals surface area contributed by atoms with Gasteiger partial charge in [0, 0.05) is 31.8 Å². The summed E-state index contributed by atoms with van der Waals surface area (Å²) in [6.07, 6.45) is 6.63. The summed E-state index contributed by atoms with van der Waals surface area (Å²) in [5.74, 6) is -0.593. The first-order chi connectivity index (χ1) is 11.4. The topological polar surface area (TPSA) is 116 Å². The molecule has 1 fully saturated rings. The average Bonchev–Trinajstić information content (AvgIpc) is 2.55. The number of primary amides is 1. The summed E-state index contributed by atoms with van der Waals surface area (Å²) in [4.78, 5) is 46.9. The summed E-state index contributed by atoms with van der Waals surface area (Å²) in [7, 11) is 1.36. The number of aromatic nitrogens is 2. The summed E-state index contributed by atoms with van der Waals surface area (Å²) in [5, 5.41) is 2.84. The second kappa shape index (κ2) is 7.94. The Morgan fingerprint density at radius 2 is 1.96 bits per heavy atom. The van der Waals surface area contributed by atoms with Gasteiger partial charge in [-0.3, -0.25) is 23.5 Å². The van der Waals surface area contributed by atoms with E-state index >= 15 is 0 Å². The van der Waals surface area contributed by atoms with Crippen LogP contribution >= 0.6 is 0 Å². The smallest absolute Gasteiger partial charge is 0.331 e. The van der Waals surface area contributed by atoms with Gasteiger partial charge in [0.05, 0.1) is 0 Å². The fourth-order valence-electron chi connectivity index (χ4n) is 3.23. The van der Waals surface area contributed by atoms with Crippen LogP contribution in [0.3, 0.4) is 0 Å². The Hall–Kier alpha value is -2.38. The van der Waals surface area contributed by atoms with Crippen LogP contribution in [0, 0.1) is 5.92 Å². The average molecular weight is 336 g/mol. The molecule has 1 aromatic heterocycles. The third kappa shape index (κ3) is 4.56. The first kappa shape index (κ1) is 18.0. The highest BCUT2D eigenvalue weighted by Crippen LogP contribution is 2.27. The molecule has 0 radical (unpaired) electrons. The Balaban J connectivity index is 2.07. The van der Waals surface area contributed by atoms with Crippen molar-refractivity contribution in [1.29, 1.82) is 0 Å². The summed E-state index contributed by atoms with van der Waals surface area (Å²) < 4.78 is 2.11. The van der Waals surface area contributed by atoms with E-state index < -0.39 is 17.2 Å². The first-order valence-electron chi connectivity index (χ1n) is 8.22. The monoisotopic (exact) mass is 336 g/mol. The second-order valence-corrected chi connectivity index (χ2v) is 6.37. The molecule has 1 heterocycles. The van der Waals surface area contributed by atoms with Gasteiger partial charge in [0.15, 0.2) is 0 Å². The fourth-order valence-corrected chi connectivity index (χ4v) is 3.23. The number of nitrogens with two attached hydrogens (primary N) is 1. The van der Waals surface area contributed by atoms with Crippen LogP contribution in [-0.4, -0.2) is 27.0 Å². The Morgan fingerprint density at radius 3 is 2.58 bits per heavy atom. The maximum Gasteiger partial charge on any atom is 0.331 e. The highest BCUT2D eigenvalue weighted by Gasteiger charge is 2.26. The number of rotatable bonds is 6. The van der Waals surface area contributed by atoms with Gasteiger partial charge in [-0.25, -0.2) is 4.79 Å². The van der Waals surface area contributed by atoms with Crippen LogP contribution in [0.15, 0.2) is 21.9 Å². The molecule has 132 valence electrons. The standard InChI is InChI=1S/C16H24N4O4/c1-19-15(23)7-8-20(16(19)24)10-14(22)18-12(9-13(17)21)11-5-3-2-4-6-11/h7-8,11-12H,2-6,9-10H2,1H3,(H2,17,21)(H,18,22)/t12-/m1/s1. The van der Waals surface area contributed by atoms with Crippen molar-refractivity contribution in [2.24, 2.45) is 18.7 Å². The lowest BCUT2D eigenvalue weighted by molar-refractivity contribution is -0.123. The molecule has 2 amide bonds. The molecule has 0 saturated heterocycles. The lowest BCUT2D eigenvalue weighted by Crippen LogP contribution is -2.46. The molecular weight excluding hydrogens is 312 g/mol. The Morgan fingerprint density at radius 1 is 1.29 bits per heavy atom. The number of carbonyl (C=O) groups excluding carboxylic acids is 2. The van der Waals surface area contributed by atoms with Gasteiger partial charge in [-0.05, 0) is 18.8 Å². The van der Waals surface area contributed by atoms with Gasteiger partial charge in [0.25, 0.3) is 5.56 Å². The fraction of sp³-hybridized carbons (Fsp3) is 0.625. The van der Waals surface area contributed by atoms with Gasteiger partial charge < -0.3 is 11.1 Å². The minimum atomic E-state index is -0.554. The molecule has 1 atom stereocenters. The molecule has 0 aromatic carbocycles. The van der Waals surface area contributed by atoms with E-state index in [-0.39, 0.29) is 30.8 Å². The quantitative estimate of drug-likeness (QED) is 0.727. The summed E-state index contributed by atoms with van der Waals surface area (Å²) >= 11 is 0. The largest absolute Gasteiger partial charge is 0.370 e. The number of amides is 2. The molecule has 0 unspecified atom stereocenters.